The molecule has 0 amide bonds. The summed E-state index contributed by atoms with van der Waals surface area (Å²) in [4.78, 5) is 12.9. The third kappa shape index (κ3) is 5.84. The fraction of sp³-hybridized carbons (Fsp3) is 0.350. The number of hydrogen-bond donors (Lipinski definition) is 1. The molecule has 2 aromatic rings. The fourth-order valence-corrected chi connectivity index (χ4v) is 3.40. The molecule has 7 heteroatoms. The molecule has 1 aliphatic heterocycles. The molecule has 1 heterocycles. The van der Waals surface area contributed by atoms with Crippen molar-refractivity contribution in [1.29, 1.82) is 0 Å². The minimum Gasteiger partial charge on any atom is -0.489 e. The second-order valence-electron chi connectivity index (χ2n) is 6.40. The fourth-order valence-electron chi connectivity index (χ4n) is 2.94. The summed E-state index contributed by atoms with van der Waals surface area (Å²) in [6.07, 6.45) is 0.0829. The lowest BCUT2D eigenvalue weighted by Crippen LogP contribution is -2.39. The lowest BCUT2D eigenvalue weighted by atomic mass is 10.1. The lowest BCUT2D eigenvalue weighted by Gasteiger charge is -2.32. The molecule has 3 rings (SSSR count). The van der Waals surface area contributed by atoms with E-state index in [2.05, 4.69) is 4.90 Å². The first-order chi connectivity index (χ1) is 13.0. The summed E-state index contributed by atoms with van der Waals surface area (Å²) in [5.74, 6) is -0.0383. The summed E-state index contributed by atoms with van der Waals surface area (Å²) < 4.78 is 11.6. The van der Waals surface area contributed by atoms with E-state index in [9.17, 15) is 4.79 Å². The van der Waals surface area contributed by atoms with Crippen molar-refractivity contribution in [2.24, 2.45) is 0 Å². The van der Waals surface area contributed by atoms with Gasteiger partial charge < -0.3 is 14.6 Å². The number of hydrogen-bond acceptors (Lipinski definition) is 4. The van der Waals surface area contributed by atoms with E-state index in [1.807, 2.05) is 30.3 Å². The van der Waals surface area contributed by atoms with Gasteiger partial charge in [-0.2, -0.15) is 0 Å². The van der Waals surface area contributed by atoms with Gasteiger partial charge in [0.25, 0.3) is 0 Å². The van der Waals surface area contributed by atoms with E-state index in [-0.39, 0.29) is 12.5 Å². The zero-order valence-electron chi connectivity index (χ0n) is 14.7. The summed E-state index contributed by atoms with van der Waals surface area (Å²) in [5, 5.41) is 10.0. The topological polar surface area (TPSA) is 59.0 Å². The van der Waals surface area contributed by atoms with E-state index in [0.717, 1.165) is 23.4 Å². The van der Waals surface area contributed by atoms with Crippen molar-refractivity contribution in [3.8, 4) is 5.75 Å². The molecule has 0 aliphatic carbocycles. The molecule has 1 atom stereocenters. The van der Waals surface area contributed by atoms with Crippen LogP contribution in [0.3, 0.4) is 0 Å². The number of rotatable bonds is 7. The molecular formula is C20H21Cl2NO4. The number of morpholine rings is 1. The van der Waals surface area contributed by atoms with E-state index >= 15 is 0 Å². The molecule has 0 aromatic heterocycles. The Hall–Kier alpha value is -1.79. The van der Waals surface area contributed by atoms with E-state index < -0.39 is 5.97 Å². The SMILES string of the molecule is O=C(O)CCN1CCO[C@@H](c2ccc(OCc3ccc(Cl)cc3Cl)cc2)C1. The normalized spacial score (nSPS) is 17.6. The van der Waals surface area contributed by atoms with Gasteiger partial charge in [0.2, 0.25) is 0 Å². The summed E-state index contributed by atoms with van der Waals surface area (Å²) in [6.45, 7) is 2.94. The Kier molecular flexibility index (Phi) is 6.96. The van der Waals surface area contributed by atoms with Gasteiger partial charge in [-0.25, -0.2) is 0 Å². The Morgan fingerprint density at radius 1 is 1.22 bits per heavy atom. The maximum atomic E-state index is 10.7. The second-order valence-corrected chi connectivity index (χ2v) is 7.24. The molecule has 0 radical (unpaired) electrons. The van der Waals surface area contributed by atoms with Gasteiger partial charge in [-0.3, -0.25) is 9.69 Å². The average Bonchev–Trinajstić information content (AvgIpc) is 2.66. The highest BCUT2D eigenvalue weighted by atomic mass is 35.5. The summed E-state index contributed by atoms with van der Waals surface area (Å²) >= 11 is 12.1. The van der Waals surface area contributed by atoms with Gasteiger partial charge in [0, 0.05) is 35.2 Å². The van der Waals surface area contributed by atoms with Crippen molar-refractivity contribution in [1.82, 2.24) is 4.90 Å². The monoisotopic (exact) mass is 409 g/mol. The van der Waals surface area contributed by atoms with E-state index in [4.69, 9.17) is 37.8 Å². The standard InChI is InChI=1S/C20H21Cl2NO4/c21-16-4-1-15(18(22)11-16)13-27-17-5-2-14(3-6-17)19-12-23(9-10-26-19)8-7-20(24)25/h1-6,11,19H,7-10,12-13H2,(H,24,25)/t19-/m1/s1. The smallest absolute Gasteiger partial charge is 0.304 e. The number of carboxylic acid groups (broad SMARTS) is 1. The van der Waals surface area contributed by atoms with Crippen LogP contribution in [0.25, 0.3) is 0 Å². The predicted molar refractivity (Wildman–Crippen MR) is 105 cm³/mol. The zero-order chi connectivity index (χ0) is 19.2. The minimum atomic E-state index is -0.777. The number of aliphatic carboxylic acids is 1. The third-order valence-corrected chi connectivity index (χ3v) is 5.04. The van der Waals surface area contributed by atoms with Crippen LogP contribution in [0.5, 0.6) is 5.75 Å². The maximum Gasteiger partial charge on any atom is 0.304 e. The third-order valence-electron chi connectivity index (χ3n) is 4.45. The van der Waals surface area contributed by atoms with Gasteiger partial charge in [-0.15, -0.1) is 0 Å². The first-order valence-electron chi connectivity index (χ1n) is 8.73. The van der Waals surface area contributed by atoms with Gasteiger partial charge in [-0.1, -0.05) is 41.4 Å². The maximum absolute atomic E-state index is 10.7. The molecule has 0 bridgehead atoms. The van der Waals surface area contributed by atoms with Crippen LogP contribution in [0.15, 0.2) is 42.5 Å². The summed E-state index contributed by atoms with van der Waals surface area (Å²) in [7, 11) is 0. The number of carboxylic acids is 1. The molecule has 0 unspecified atom stereocenters. The van der Waals surface area contributed by atoms with Crippen molar-refractivity contribution < 1.29 is 19.4 Å². The highest BCUT2D eigenvalue weighted by Gasteiger charge is 2.22. The first kappa shape index (κ1) is 20.0. The van der Waals surface area contributed by atoms with Crippen LogP contribution >= 0.6 is 23.2 Å². The van der Waals surface area contributed by atoms with E-state index in [1.54, 1.807) is 12.1 Å². The van der Waals surface area contributed by atoms with Crippen LogP contribution in [-0.4, -0.2) is 42.2 Å². The summed E-state index contributed by atoms with van der Waals surface area (Å²) in [5.41, 5.74) is 1.92. The molecule has 5 nitrogen and oxygen atoms in total. The lowest BCUT2D eigenvalue weighted by molar-refractivity contribution is -0.137. The van der Waals surface area contributed by atoms with Gasteiger partial charge in [0.1, 0.15) is 12.4 Å². The van der Waals surface area contributed by atoms with Crippen LogP contribution in [-0.2, 0) is 16.1 Å². The van der Waals surface area contributed by atoms with Gasteiger partial charge in [0.15, 0.2) is 0 Å². The first-order valence-corrected chi connectivity index (χ1v) is 9.49. The molecule has 1 saturated heterocycles. The number of nitrogens with zero attached hydrogens (tertiary/aromatic N) is 1. The van der Waals surface area contributed by atoms with Crippen LogP contribution in [0, 0.1) is 0 Å². The molecule has 1 N–H and O–H groups in total. The molecule has 2 aromatic carbocycles. The zero-order valence-corrected chi connectivity index (χ0v) is 16.2. The van der Waals surface area contributed by atoms with Crippen LogP contribution in [0.2, 0.25) is 10.0 Å². The quantitative estimate of drug-likeness (QED) is 0.733. The van der Waals surface area contributed by atoms with Gasteiger partial charge in [-0.05, 0) is 29.8 Å². The average molecular weight is 410 g/mol. The van der Waals surface area contributed by atoms with E-state index in [1.165, 1.54) is 0 Å². The van der Waals surface area contributed by atoms with Crippen molar-refractivity contribution >= 4 is 29.2 Å². The molecular weight excluding hydrogens is 389 g/mol. The molecule has 144 valence electrons. The predicted octanol–water partition coefficient (Wildman–Crippen LogP) is 4.42. The Labute approximate surface area is 168 Å². The highest BCUT2D eigenvalue weighted by Crippen LogP contribution is 2.26. The van der Waals surface area contributed by atoms with E-state index in [0.29, 0.717) is 36.3 Å². The Morgan fingerprint density at radius 3 is 2.70 bits per heavy atom. The molecule has 1 aliphatic rings. The van der Waals surface area contributed by atoms with Crippen LogP contribution in [0.1, 0.15) is 23.7 Å². The van der Waals surface area contributed by atoms with Crippen molar-refractivity contribution in [3.63, 3.8) is 0 Å². The number of benzene rings is 2. The van der Waals surface area contributed by atoms with Gasteiger partial charge in [0.05, 0.1) is 19.1 Å². The highest BCUT2D eigenvalue weighted by molar-refractivity contribution is 6.35. The van der Waals surface area contributed by atoms with Gasteiger partial charge >= 0.3 is 5.97 Å². The van der Waals surface area contributed by atoms with Crippen molar-refractivity contribution in [3.05, 3.63) is 63.6 Å². The van der Waals surface area contributed by atoms with Crippen LogP contribution < -0.4 is 4.74 Å². The number of carbonyl (C=O) groups is 1. The number of ether oxygens (including phenoxy) is 2. The Morgan fingerprint density at radius 2 is 2.00 bits per heavy atom. The molecule has 1 fully saturated rings. The molecule has 27 heavy (non-hydrogen) atoms. The second kappa shape index (κ2) is 9.42. The van der Waals surface area contributed by atoms with Crippen LogP contribution in [0.4, 0.5) is 0 Å². The Bertz CT molecular complexity index is 782. The Balaban J connectivity index is 1.55. The molecule has 0 spiro atoms. The summed E-state index contributed by atoms with van der Waals surface area (Å²) in [6, 6.07) is 13.1. The minimum absolute atomic E-state index is 0.0627. The molecule has 0 saturated carbocycles. The largest absolute Gasteiger partial charge is 0.489 e. The van der Waals surface area contributed by atoms with Crippen molar-refractivity contribution in [2.45, 2.75) is 19.1 Å². The van der Waals surface area contributed by atoms with Crippen molar-refractivity contribution in [2.75, 3.05) is 26.2 Å². The number of halogens is 2.